The molecule has 27 heavy (non-hydrogen) atoms. The van der Waals surface area contributed by atoms with Gasteiger partial charge in [0.25, 0.3) is 0 Å². The number of carbonyl (C=O) groups excluding carboxylic acids is 2. The maximum atomic E-state index is 12.5. The van der Waals surface area contributed by atoms with E-state index in [0.29, 0.717) is 13.1 Å². The quantitative estimate of drug-likeness (QED) is 0.858. The first kappa shape index (κ1) is 19.8. The van der Waals surface area contributed by atoms with Gasteiger partial charge < -0.3 is 10.2 Å². The van der Waals surface area contributed by atoms with E-state index >= 15 is 0 Å². The third-order valence-corrected chi connectivity index (χ3v) is 5.57. The van der Waals surface area contributed by atoms with Crippen LogP contribution in [0.2, 0.25) is 0 Å². The van der Waals surface area contributed by atoms with Crippen molar-refractivity contribution in [3.8, 4) is 0 Å². The fourth-order valence-corrected chi connectivity index (χ4v) is 3.82. The molecule has 0 spiro atoms. The molecule has 2 aliphatic rings. The minimum absolute atomic E-state index is 0.0263. The Morgan fingerprint density at radius 1 is 0.852 bits per heavy atom. The molecule has 2 aliphatic heterocycles. The van der Waals surface area contributed by atoms with Crippen LogP contribution in [-0.2, 0) is 9.59 Å². The number of nitrogens with zero attached hydrogens (tertiary/aromatic N) is 3. The highest BCUT2D eigenvalue weighted by molar-refractivity contribution is 5.92. The molecular formula is C21H32N4O2. The molecule has 2 heterocycles. The molecule has 6 nitrogen and oxygen atoms in total. The van der Waals surface area contributed by atoms with Crippen LogP contribution in [0.1, 0.15) is 31.2 Å². The fraction of sp³-hybridized carbons (Fsp3) is 0.619. The lowest BCUT2D eigenvalue weighted by atomic mass is 10.2. The molecule has 148 valence electrons. The second-order valence-electron chi connectivity index (χ2n) is 7.71. The number of nitrogens with one attached hydrogen (secondary N) is 1. The van der Waals surface area contributed by atoms with Crippen LogP contribution < -0.4 is 5.32 Å². The molecule has 2 fully saturated rings. The molecule has 0 radical (unpaired) electrons. The molecule has 0 aromatic heterocycles. The second-order valence-corrected chi connectivity index (χ2v) is 7.71. The zero-order chi connectivity index (χ0) is 19.1. The number of hydrogen-bond acceptors (Lipinski definition) is 4. The number of hydrogen-bond donors (Lipinski definition) is 1. The Kier molecular flexibility index (Phi) is 7.24. The number of aryl methyl sites for hydroxylation is 1. The van der Waals surface area contributed by atoms with Crippen LogP contribution in [0.25, 0.3) is 0 Å². The predicted octanol–water partition coefficient (Wildman–Crippen LogP) is 1.95. The number of amides is 2. The summed E-state index contributed by atoms with van der Waals surface area (Å²) in [5, 5.41) is 2.99. The van der Waals surface area contributed by atoms with E-state index < -0.39 is 0 Å². The summed E-state index contributed by atoms with van der Waals surface area (Å²) in [4.78, 5) is 31.3. The van der Waals surface area contributed by atoms with Gasteiger partial charge in [-0.25, -0.2) is 0 Å². The summed E-state index contributed by atoms with van der Waals surface area (Å²) in [6, 6.07) is 7.83. The maximum Gasteiger partial charge on any atom is 0.238 e. The van der Waals surface area contributed by atoms with E-state index in [-0.39, 0.29) is 11.8 Å². The molecule has 2 saturated heterocycles. The highest BCUT2D eigenvalue weighted by atomic mass is 16.2. The van der Waals surface area contributed by atoms with Crippen molar-refractivity contribution in [2.75, 3.05) is 57.7 Å². The van der Waals surface area contributed by atoms with Gasteiger partial charge in [-0.05, 0) is 31.4 Å². The minimum Gasteiger partial charge on any atom is -0.342 e. The Morgan fingerprint density at radius 3 is 2.07 bits per heavy atom. The largest absolute Gasteiger partial charge is 0.342 e. The second kappa shape index (κ2) is 9.85. The van der Waals surface area contributed by atoms with E-state index in [4.69, 9.17) is 0 Å². The van der Waals surface area contributed by atoms with Crippen molar-refractivity contribution in [3.05, 3.63) is 29.8 Å². The van der Waals surface area contributed by atoms with Gasteiger partial charge in [0.1, 0.15) is 0 Å². The topological polar surface area (TPSA) is 55.9 Å². The molecule has 6 heteroatoms. The average Bonchev–Trinajstić information content (AvgIpc) is 2.95. The average molecular weight is 373 g/mol. The van der Waals surface area contributed by atoms with Gasteiger partial charge in [0.2, 0.25) is 11.8 Å². The van der Waals surface area contributed by atoms with Crippen molar-refractivity contribution in [2.24, 2.45) is 0 Å². The smallest absolute Gasteiger partial charge is 0.238 e. The van der Waals surface area contributed by atoms with Gasteiger partial charge >= 0.3 is 0 Å². The molecule has 0 unspecified atom stereocenters. The lowest BCUT2D eigenvalue weighted by molar-refractivity contribution is -0.133. The van der Waals surface area contributed by atoms with Gasteiger partial charge in [0.15, 0.2) is 0 Å². The minimum atomic E-state index is 0.0263. The number of piperazine rings is 1. The number of rotatable bonds is 5. The summed E-state index contributed by atoms with van der Waals surface area (Å²) in [6.45, 7) is 8.09. The summed E-state index contributed by atoms with van der Waals surface area (Å²) in [6.07, 6.45) is 4.76. The van der Waals surface area contributed by atoms with Gasteiger partial charge in [0, 0.05) is 45.0 Å². The summed E-state index contributed by atoms with van der Waals surface area (Å²) in [7, 11) is 0. The Morgan fingerprint density at radius 2 is 1.44 bits per heavy atom. The molecule has 0 saturated carbocycles. The van der Waals surface area contributed by atoms with Crippen molar-refractivity contribution < 1.29 is 9.59 Å². The SMILES string of the molecule is Cc1ccccc1NC(=O)CN1CCN(CC(=O)N2CCCCCC2)CC1. The van der Waals surface area contributed by atoms with Gasteiger partial charge in [-0.15, -0.1) is 0 Å². The molecule has 0 atom stereocenters. The van der Waals surface area contributed by atoms with Crippen LogP contribution in [0.5, 0.6) is 0 Å². The number of likely N-dealkylation sites (tertiary alicyclic amines) is 1. The van der Waals surface area contributed by atoms with Gasteiger partial charge in [0.05, 0.1) is 13.1 Å². The normalized spacial score (nSPS) is 19.5. The van der Waals surface area contributed by atoms with E-state index in [0.717, 1.165) is 63.4 Å². The van der Waals surface area contributed by atoms with E-state index in [1.807, 2.05) is 36.1 Å². The number of anilines is 1. The lowest BCUT2D eigenvalue weighted by Crippen LogP contribution is -2.51. The van der Waals surface area contributed by atoms with Crippen LogP contribution in [0.4, 0.5) is 5.69 Å². The maximum absolute atomic E-state index is 12.5. The Hall–Kier alpha value is -1.92. The highest BCUT2D eigenvalue weighted by Gasteiger charge is 2.23. The van der Waals surface area contributed by atoms with Crippen molar-refractivity contribution in [1.29, 1.82) is 0 Å². The number of benzene rings is 1. The first-order chi connectivity index (χ1) is 13.1. The molecule has 1 N–H and O–H groups in total. The van der Waals surface area contributed by atoms with Gasteiger partial charge in [-0.3, -0.25) is 19.4 Å². The summed E-state index contributed by atoms with van der Waals surface area (Å²) in [5.41, 5.74) is 1.95. The van der Waals surface area contributed by atoms with E-state index in [9.17, 15) is 9.59 Å². The number of para-hydroxylation sites is 1. The zero-order valence-electron chi connectivity index (χ0n) is 16.5. The first-order valence-electron chi connectivity index (χ1n) is 10.2. The van der Waals surface area contributed by atoms with E-state index in [1.54, 1.807) is 0 Å². The summed E-state index contributed by atoms with van der Waals surface area (Å²) < 4.78 is 0. The van der Waals surface area contributed by atoms with Crippen molar-refractivity contribution in [1.82, 2.24) is 14.7 Å². The monoisotopic (exact) mass is 372 g/mol. The van der Waals surface area contributed by atoms with Gasteiger partial charge in [-0.1, -0.05) is 31.0 Å². The summed E-state index contributed by atoms with van der Waals surface area (Å²) >= 11 is 0. The van der Waals surface area contributed by atoms with Crippen molar-refractivity contribution >= 4 is 17.5 Å². The Balaban J connectivity index is 1.39. The van der Waals surface area contributed by atoms with Crippen LogP contribution in [0.3, 0.4) is 0 Å². The molecule has 3 rings (SSSR count). The number of carbonyl (C=O) groups is 2. The molecule has 1 aromatic carbocycles. The molecule has 0 bridgehead atoms. The van der Waals surface area contributed by atoms with Crippen LogP contribution in [0.15, 0.2) is 24.3 Å². The molecule has 2 amide bonds. The predicted molar refractivity (Wildman–Crippen MR) is 108 cm³/mol. The lowest BCUT2D eigenvalue weighted by Gasteiger charge is -2.35. The molecule has 1 aromatic rings. The molecular weight excluding hydrogens is 340 g/mol. The summed E-state index contributed by atoms with van der Waals surface area (Å²) in [5.74, 6) is 0.293. The van der Waals surface area contributed by atoms with Gasteiger partial charge in [-0.2, -0.15) is 0 Å². The zero-order valence-corrected chi connectivity index (χ0v) is 16.5. The first-order valence-corrected chi connectivity index (χ1v) is 10.2. The van der Waals surface area contributed by atoms with Crippen molar-refractivity contribution in [3.63, 3.8) is 0 Å². The highest BCUT2D eigenvalue weighted by Crippen LogP contribution is 2.14. The van der Waals surface area contributed by atoms with Crippen LogP contribution >= 0.6 is 0 Å². The fourth-order valence-electron chi connectivity index (χ4n) is 3.82. The van der Waals surface area contributed by atoms with E-state index in [1.165, 1.54) is 12.8 Å². The third-order valence-electron chi connectivity index (χ3n) is 5.57. The van der Waals surface area contributed by atoms with E-state index in [2.05, 4.69) is 15.1 Å². The van der Waals surface area contributed by atoms with Crippen LogP contribution in [-0.4, -0.2) is 78.9 Å². The Bertz CT molecular complexity index is 633. The molecule has 0 aliphatic carbocycles. The third kappa shape index (κ3) is 6.04. The van der Waals surface area contributed by atoms with Crippen LogP contribution in [0, 0.1) is 6.92 Å². The van der Waals surface area contributed by atoms with Crippen molar-refractivity contribution in [2.45, 2.75) is 32.6 Å². The standard InChI is InChI=1S/C21H32N4O2/c1-18-8-4-5-9-19(18)22-20(26)16-23-12-14-24(15-13-23)17-21(27)25-10-6-2-3-7-11-25/h4-5,8-9H,2-3,6-7,10-17H2,1H3,(H,22,26). The Labute approximate surface area is 162 Å².